The number of Topliss-reactive ketones (excluding diaryl/α,β-unsaturated/α-hetero) is 1. The third-order valence-corrected chi connectivity index (χ3v) is 5.04. The van der Waals surface area contributed by atoms with Gasteiger partial charge in [0.15, 0.2) is 5.78 Å². The van der Waals surface area contributed by atoms with E-state index in [9.17, 15) is 4.79 Å². The zero-order valence-corrected chi connectivity index (χ0v) is 16.0. The molecule has 2 aromatic carbocycles. The Kier molecular flexibility index (Phi) is 4.37. The summed E-state index contributed by atoms with van der Waals surface area (Å²) in [5.74, 6) is 1.35. The van der Waals surface area contributed by atoms with E-state index in [1.165, 1.54) is 10.9 Å². The minimum Gasteiger partial charge on any atom is -0.439 e. The third-order valence-electron chi connectivity index (χ3n) is 5.04. The van der Waals surface area contributed by atoms with Gasteiger partial charge in [-0.25, -0.2) is 9.67 Å². The first-order chi connectivity index (χ1) is 14.7. The van der Waals surface area contributed by atoms with Gasteiger partial charge in [-0.2, -0.15) is 5.10 Å². The van der Waals surface area contributed by atoms with Crippen LogP contribution < -0.4 is 10.5 Å². The SMILES string of the molecule is Nc1c(C(=O)C2=Cc3ccccc3C2)cnn1-c1ccc(Oc2ccccc2)nc1. The van der Waals surface area contributed by atoms with E-state index in [1.807, 2.05) is 60.7 Å². The lowest BCUT2D eigenvalue weighted by Crippen LogP contribution is -2.08. The molecule has 0 saturated carbocycles. The molecule has 5 rings (SSSR count). The number of hydrogen-bond acceptors (Lipinski definition) is 5. The highest BCUT2D eigenvalue weighted by Gasteiger charge is 2.23. The number of carbonyl (C=O) groups excluding carboxylic acids is 1. The van der Waals surface area contributed by atoms with E-state index in [0.29, 0.717) is 34.9 Å². The lowest BCUT2D eigenvalue weighted by molar-refractivity contribution is 0.103. The summed E-state index contributed by atoms with van der Waals surface area (Å²) in [7, 11) is 0. The summed E-state index contributed by atoms with van der Waals surface area (Å²) in [6.07, 6.45) is 5.65. The van der Waals surface area contributed by atoms with Gasteiger partial charge in [0, 0.05) is 18.1 Å². The van der Waals surface area contributed by atoms with Crippen LogP contribution in [0.25, 0.3) is 11.8 Å². The Morgan fingerprint density at radius 1 is 0.967 bits per heavy atom. The molecule has 0 bridgehead atoms. The summed E-state index contributed by atoms with van der Waals surface area (Å²) in [4.78, 5) is 17.3. The van der Waals surface area contributed by atoms with Gasteiger partial charge in [0.1, 0.15) is 11.6 Å². The highest BCUT2D eigenvalue weighted by Crippen LogP contribution is 2.29. The molecule has 0 unspecified atom stereocenters. The van der Waals surface area contributed by atoms with E-state index in [-0.39, 0.29) is 11.6 Å². The maximum atomic E-state index is 13.0. The van der Waals surface area contributed by atoms with Crippen molar-refractivity contribution < 1.29 is 9.53 Å². The number of hydrogen-bond donors (Lipinski definition) is 1. The minimum atomic E-state index is -0.105. The van der Waals surface area contributed by atoms with E-state index >= 15 is 0 Å². The number of fused-ring (bicyclic) bond motifs is 1. The molecular formula is C24H18N4O2. The number of aromatic nitrogens is 3. The van der Waals surface area contributed by atoms with Crippen LogP contribution in [0.5, 0.6) is 11.6 Å². The summed E-state index contributed by atoms with van der Waals surface area (Å²) in [5.41, 5.74) is 10.2. The number of pyridine rings is 1. The Morgan fingerprint density at radius 3 is 2.53 bits per heavy atom. The largest absolute Gasteiger partial charge is 0.439 e. The molecule has 6 nitrogen and oxygen atoms in total. The minimum absolute atomic E-state index is 0.105. The second-order valence-electron chi connectivity index (χ2n) is 7.00. The van der Waals surface area contributed by atoms with E-state index in [1.54, 1.807) is 18.3 Å². The molecule has 146 valence electrons. The van der Waals surface area contributed by atoms with Gasteiger partial charge in [0.2, 0.25) is 5.88 Å². The van der Waals surface area contributed by atoms with Crippen molar-refractivity contribution in [1.82, 2.24) is 14.8 Å². The number of nitrogens with zero attached hydrogens (tertiary/aromatic N) is 3. The second-order valence-corrected chi connectivity index (χ2v) is 7.00. The first-order valence-corrected chi connectivity index (χ1v) is 9.55. The summed E-state index contributed by atoms with van der Waals surface area (Å²) >= 11 is 0. The number of benzene rings is 2. The van der Waals surface area contributed by atoms with Gasteiger partial charge in [-0.15, -0.1) is 0 Å². The molecule has 2 heterocycles. The molecule has 2 aromatic heterocycles. The lowest BCUT2D eigenvalue weighted by atomic mass is 10.0. The zero-order chi connectivity index (χ0) is 20.5. The summed E-state index contributed by atoms with van der Waals surface area (Å²) in [6.45, 7) is 0. The molecule has 0 fully saturated rings. The molecule has 0 saturated heterocycles. The van der Waals surface area contributed by atoms with Gasteiger partial charge in [-0.05, 0) is 35.4 Å². The molecule has 0 aliphatic heterocycles. The number of nitrogen functional groups attached to an aromatic ring is 1. The summed E-state index contributed by atoms with van der Waals surface area (Å²) in [5, 5.41) is 4.30. The highest BCUT2D eigenvalue weighted by atomic mass is 16.5. The lowest BCUT2D eigenvalue weighted by Gasteiger charge is -2.07. The number of nitrogens with two attached hydrogens (primary N) is 1. The van der Waals surface area contributed by atoms with Gasteiger partial charge >= 0.3 is 0 Å². The van der Waals surface area contributed by atoms with Crippen molar-refractivity contribution in [3.8, 4) is 17.3 Å². The standard InChI is InChI=1S/C24H18N4O2/c25-24-21(23(29)18-12-16-6-4-5-7-17(16)13-18)15-27-28(24)19-10-11-22(26-14-19)30-20-8-2-1-3-9-20/h1-12,14-15H,13,25H2. The average Bonchev–Trinajstić information content (AvgIpc) is 3.38. The first-order valence-electron chi connectivity index (χ1n) is 9.55. The molecule has 0 spiro atoms. The zero-order valence-electron chi connectivity index (χ0n) is 16.0. The molecule has 0 radical (unpaired) electrons. The van der Waals surface area contributed by atoms with Crippen molar-refractivity contribution in [2.75, 3.05) is 5.73 Å². The smallest absolute Gasteiger partial charge is 0.219 e. The second kappa shape index (κ2) is 7.33. The normalized spacial score (nSPS) is 12.3. The Hall–Kier alpha value is -4.19. The number of para-hydroxylation sites is 1. The number of carbonyl (C=O) groups is 1. The van der Waals surface area contributed by atoms with Crippen LogP contribution in [-0.2, 0) is 6.42 Å². The van der Waals surface area contributed by atoms with Crippen molar-refractivity contribution in [1.29, 1.82) is 0 Å². The van der Waals surface area contributed by atoms with Crippen molar-refractivity contribution >= 4 is 17.7 Å². The average molecular weight is 394 g/mol. The molecule has 4 aromatic rings. The van der Waals surface area contributed by atoms with Crippen LogP contribution in [0, 0.1) is 0 Å². The van der Waals surface area contributed by atoms with Gasteiger partial charge in [0.05, 0.1) is 23.6 Å². The molecule has 1 aliphatic rings. The molecule has 1 aliphatic carbocycles. The fourth-order valence-corrected chi connectivity index (χ4v) is 3.50. The monoisotopic (exact) mass is 394 g/mol. The van der Waals surface area contributed by atoms with E-state index in [4.69, 9.17) is 10.5 Å². The number of ether oxygens (including phenoxy) is 1. The van der Waals surface area contributed by atoms with Crippen LogP contribution in [0.15, 0.2) is 84.7 Å². The number of allylic oxidation sites excluding steroid dienone is 1. The van der Waals surface area contributed by atoms with Crippen LogP contribution in [0.1, 0.15) is 21.5 Å². The predicted octanol–water partition coefficient (Wildman–Crippen LogP) is 4.46. The van der Waals surface area contributed by atoms with E-state index < -0.39 is 0 Å². The van der Waals surface area contributed by atoms with Crippen LogP contribution >= 0.6 is 0 Å². The summed E-state index contributed by atoms with van der Waals surface area (Å²) < 4.78 is 7.22. The number of ketones is 1. The van der Waals surface area contributed by atoms with Crippen LogP contribution in [-0.4, -0.2) is 20.5 Å². The van der Waals surface area contributed by atoms with Crippen LogP contribution in [0.4, 0.5) is 5.82 Å². The number of rotatable bonds is 5. The summed E-state index contributed by atoms with van der Waals surface area (Å²) in [6, 6.07) is 20.9. The molecule has 2 N–H and O–H groups in total. The van der Waals surface area contributed by atoms with E-state index in [2.05, 4.69) is 10.1 Å². The fourth-order valence-electron chi connectivity index (χ4n) is 3.50. The highest BCUT2D eigenvalue weighted by molar-refractivity contribution is 6.15. The van der Waals surface area contributed by atoms with Crippen molar-refractivity contribution in [3.05, 3.63) is 101 Å². The van der Waals surface area contributed by atoms with Crippen LogP contribution in [0.3, 0.4) is 0 Å². The van der Waals surface area contributed by atoms with Gasteiger partial charge in [-0.3, -0.25) is 4.79 Å². The third kappa shape index (κ3) is 3.24. The van der Waals surface area contributed by atoms with Gasteiger partial charge in [-0.1, -0.05) is 42.5 Å². The predicted molar refractivity (Wildman–Crippen MR) is 115 cm³/mol. The van der Waals surface area contributed by atoms with Crippen molar-refractivity contribution in [3.63, 3.8) is 0 Å². The Labute approximate surface area is 173 Å². The Bertz CT molecular complexity index is 1260. The maximum Gasteiger partial charge on any atom is 0.219 e. The van der Waals surface area contributed by atoms with Crippen molar-refractivity contribution in [2.24, 2.45) is 0 Å². The Balaban J connectivity index is 1.37. The Morgan fingerprint density at radius 2 is 1.77 bits per heavy atom. The number of anilines is 1. The first kappa shape index (κ1) is 17.9. The van der Waals surface area contributed by atoms with E-state index in [0.717, 1.165) is 11.1 Å². The molecular weight excluding hydrogens is 376 g/mol. The molecule has 30 heavy (non-hydrogen) atoms. The maximum absolute atomic E-state index is 13.0. The topological polar surface area (TPSA) is 83.0 Å². The van der Waals surface area contributed by atoms with Crippen LogP contribution in [0.2, 0.25) is 0 Å². The fraction of sp³-hybridized carbons (Fsp3) is 0.0417. The molecule has 0 amide bonds. The van der Waals surface area contributed by atoms with Gasteiger partial charge in [0.25, 0.3) is 0 Å². The molecule has 0 atom stereocenters. The van der Waals surface area contributed by atoms with Gasteiger partial charge < -0.3 is 10.5 Å². The quantitative estimate of drug-likeness (QED) is 0.505. The molecule has 6 heteroatoms. The van der Waals surface area contributed by atoms with Crippen molar-refractivity contribution in [2.45, 2.75) is 6.42 Å².